The van der Waals surface area contributed by atoms with Gasteiger partial charge in [-0.3, -0.25) is 0 Å². The first-order chi connectivity index (χ1) is 6.34. The van der Waals surface area contributed by atoms with Crippen LogP contribution in [0.4, 0.5) is 0 Å². The van der Waals surface area contributed by atoms with Crippen molar-refractivity contribution in [2.75, 3.05) is 0 Å². The van der Waals surface area contributed by atoms with E-state index in [2.05, 4.69) is 0 Å². The molecule has 1 aliphatic rings. The van der Waals surface area contributed by atoms with Gasteiger partial charge in [0, 0.05) is 11.5 Å². The first-order valence-electron chi connectivity index (χ1n) is 4.67. The Morgan fingerprint density at radius 1 is 1.31 bits per heavy atom. The number of rotatable bonds is 3. The van der Waals surface area contributed by atoms with E-state index in [1.54, 1.807) is 6.21 Å². The summed E-state index contributed by atoms with van der Waals surface area (Å²) in [5.41, 5.74) is 1.08. The molecule has 0 heterocycles. The SMILES string of the molecule is [O-]/[N+](=C\C1CC1)Cc1ccccc1. The summed E-state index contributed by atoms with van der Waals surface area (Å²) >= 11 is 0. The molecule has 0 radical (unpaired) electrons. The summed E-state index contributed by atoms with van der Waals surface area (Å²) in [7, 11) is 0. The van der Waals surface area contributed by atoms with Crippen molar-refractivity contribution in [2.45, 2.75) is 19.4 Å². The Labute approximate surface area is 78.1 Å². The summed E-state index contributed by atoms with van der Waals surface area (Å²) in [6.45, 7) is 0.483. The normalized spacial score (nSPS) is 17.4. The third kappa shape index (κ3) is 2.58. The van der Waals surface area contributed by atoms with Crippen LogP contribution in [0.2, 0.25) is 0 Å². The van der Waals surface area contributed by atoms with Crippen LogP contribution >= 0.6 is 0 Å². The van der Waals surface area contributed by atoms with Gasteiger partial charge in [0.2, 0.25) is 0 Å². The van der Waals surface area contributed by atoms with Crippen LogP contribution in [-0.2, 0) is 6.54 Å². The number of hydroxylamine groups is 1. The predicted octanol–water partition coefficient (Wildman–Crippen LogP) is 2.18. The molecule has 0 saturated heterocycles. The molecule has 2 heteroatoms. The number of hydrogen-bond donors (Lipinski definition) is 0. The molecule has 68 valence electrons. The second kappa shape index (κ2) is 3.60. The maximum absolute atomic E-state index is 11.3. The van der Waals surface area contributed by atoms with Gasteiger partial charge in [0.05, 0.1) is 0 Å². The van der Waals surface area contributed by atoms with Crippen LogP contribution in [0.15, 0.2) is 30.3 Å². The molecule has 0 amide bonds. The first kappa shape index (κ1) is 8.30. The van der Waals surface area contributed by atoms with Gasteiger partial charge >= 0.3 is 0 Å². The fourth-order valence-electron chi connectivity index (χ4n) is 1.30. The van der Waals surface area contributed by atoms with E-state index in [9.17, 15) is 5.21 Å². The zero-order valence-corrected chi connectivity index (χ0v) is 7.52. The monoisotopic (exact) mass is 175 g/mol. The Bertz CT molecular complexity index is 301. The standard InChI is InChI=1S/C11H13NO/c13-12(9-11-6-7-11)8-10-4-2-1-3-5-10/h1-5,9,11H,6-8H2/b12-9-. The highest BCUT2D eigenvalue weighted by Gasteiger charge is 2.22. The van der Waals surface area contributed by atoms with Crippen LogP contribution in [0.3, 0.4) is 0 Å². The van der Waals surface area contributed by atoms with Gasteiger partial charge in [-0.25, -0.2) is 4.74 Å². The lowest BCUT2D eigenvalue weighted by Crippen LogP contribution is -2.05. The minimum Gasteiger partial charge on any atom is -0.624 e. The topological polar surface area (TPSA) is 26.1 Å². The summed E-state index contributed by atoms with van der Waals surface area (Å²) < 4.78 is 1.05. The van der Waals surface area contributed by atoms with Gasteiger partial charge in [0.15, 0.2) is 12.8 Å². The molecule has 0 aromatic heterocycles. The van der Waals surface area contributed by atoms with E-state index in [1.165, 1.54) is 12.8 Å². The van der Waals surface area contributed by atoms with Crippen molar-refractivity contribution in [1.82, 2.24) is 0 Å². The van der Waals surface area contributed by atoms with Crippen LogP contribution in [0, 0.1) is 11.1 Å². The van der Waals surface area contributed by atoms with Gasteiger partial charge in [0.25, 0.3) is 0 Å². The molecule has 1 aliphatic carbocycles. The summed E-state index contributed by atoms with van der Waals surface area (Å²) in [4.78, 5) is 0. The van der Waals surface area contributed by atoms with Gasteiger partial charge in [-0.2, -0.15) is 0 Å². The molecular weight excluding hydrogens is 162 g/mol. The van der Waals surface area contributed by atoms with Crippen molar-refractivity contribution < 1.29 is 4.74 Å². The molecule has 0 aliphatic heterocycles. The molecule has 13 heavy (non-hydrogen) atoms. The Hall–Kier alpha value is -1.31. The van der Waals surface area contributed by atoms with Crippen LogP contribution < -0.4 is 0 Å². The van der Waals surface area contributed by atoms with Crippen molar-refractivity contribution in [3.05, 3.63) is 41.1 Å². The lowest BCUT2D eigenvalue weighted by molar-refractivity contribution is -0.471. The Balaban J connectivity index is 1.97. The molecule has 0 N–H and O–H groups in total. The van der Waals surface area contributed by atoms with Gasteiger partial charge < -0.3 is 5.21 Å². The zero-order chi connectivity index (χ0) is 9.10. The summed E-state index contributed by atoms with van der Waals surface area (Å²) in [6.07, 6.45) is 4.17. The average Bonchev–Trinajstić information content (AvgIpc) is 2.90. The molecule has 0 atom stereocenters. The largest absolute Gasteiger partial charge is 0.624 e. The highest BCUT2D eigenvalue weighted by molar-refractivity contribution is 5.58. The van der Waals surface area contributed by atoms with E-state index < -0.39 is 0 Å². The molecule has 0 bridgehead atoms. The number of benzene rings is 1. The lowest BCUT2D eigenvalue weighted by atomic mass is 10.2. The second-order valence-corrected chi connectivity index (χ2v) is 3.55. The molecule has 1 fully saturated rings. The van der Waals surface area contributed by atoms with Crippen LogP contribution in [0.1, 0.15) is 18.4 Å². The summed E-state index contributed by atoms with van der Waals surface area (Å²) in [6, 6.07) is 9.83. The van der Waals surface area contributed by atoms with E-state index in [4.69, 9.17) is 0 Å². The van der Waals surface area contributed by atoms with Crippen molar-refractivity contribution >= 4 is 6.21 Å². The maximum atomic E-state index is 11.3. The Morgan fingerprint density at radius 2 is 2.00 bits per heavy atom. The van der Waals surface area contributed by atoms with Crippen LogP contribution in [0.25, 0.3) is 0 Å². The smallest absolute Gasteiger partial charge is 0.178 e. The summed E-state index contributed by atoms with van der Waals surface area (Å²) in [5.74, 6) is 0.557. The molecule has 1 aromatic rings. The maximum Gasteiger partial charge on any atom is 0.178 e. The fraction of sp³-hybridized carbons (Fsp3) is 0.364. The van der Waals surface area contributed by atoms with Crippen LogP contribution in [-0.4, -0.2) is 11.0 Å². The third-order valence-electron chi connectivity index (χ3n) is 2.18. The number of hydrogen-bond acceptors (Lipinski definition) is 1. The molecule has 0 unspecified atom stereocenters. The molecule has 1 aromatic carbocycles. The van der Waals surface area contributed by atoms with Gasteiger partial charge in [-0.15, -0.1) is 0 Å². The van der Waals surface area contributed by atoms with Crippen LogP contribution in [0.5, 0.6) is 0 Å². The second-order valence-electron chi connectivity index (χ2n) is 3.55. The van der Waals surface area contributed by atoms with E-state index in [-0.39, 0.29) is 0 Å². The van der Waals surface area contributed by atoms with Crippen molar-refractivity contribution in [3.63, 3.8) is 0 Å². The lowest BCUT2D eigenvalue weighted by Gasteiger charge is -2.02. The van der Waals surface area contributed by atoms with Crippen molar-refractivity contribution in [2.24, 2.45) is 5.92 Å². The number of nitrogens with zero attached hydrogens (tertiary/aromatic N) is 1. The first-order valence-corrected chi connectivity index (χ1v) is 4.67. The molecule has 0 spiro atoms. The van der Waals surface area contributed by atoms with Gasteiger partial charge in [-0.05, 0) is 12.8 Å². The summed E-state index contributed by atoms with van der Waals surface area (Å²) in [5, 5.41) is 11.3. The minimum atomic E-state index is 0.483. The predicted molar refractivity (Wildman–Crippen MR) is 52.6 cm³/mol. The minimum absolute atomic E-state index is 0.483. The molecule has 1 saturated carbocycles. The van der Waals surface area contributed by atoms with Gasteiger partial charge in [-0.1, -0.05) is 30.3 Å². The quantitative estimate of drug-likeness (QED) is 0.299. The van der Waals surface area contributed by atoms with Crippen molar-refractivity contribution in [3.8, 4) is 0 Å². The third-order valence-corrected chi connectivity index (χ3v) is 2.18. The highest BCUT2D eigenvalue weighted by atomic mass is 16.5. The Morgan fingerprint density at radius 3 is 2.62 bits per heavy atom. The average molecular weight is 175 g/mol. The molecule has 2 rings (SSSR count). The zero-order valence-electron chi connectivity index (χ0n) is 7.52. The highest BCUT2D eigenvalue weighted by Crippen LogP contribution is 2.26. The molecule has 2 nitrogen and oxygen atoms in total. The molecular formula is C11H13NO. The van der Waals surface area contributed by atoms with E-state index >= 15 is 0 Å². The van der Waals surface area contributed by atoms with E-state index in [1.807, 2.05) is 30.3 Å². The Kier molecular flexibility index (Phi) is 2.30. The van der Waals surface area contributed by atoms with E-state index in [0.717, 1.165) is 10.3 Å². The fourth-order valence-corrected chi connectivity index (χ4v) is 1.30. The van der Waals surface area contributed by atoms with Crippen molar-refractivity contribution in [1.29, 1.82) is 0 Å². The van der Waals surface area contributed by atoms with E-state index in [0.29, 0.717) is 12.5 Å². The van der Waals surface area contributed by atoms with Gasteiger partial charge in [0.1, 0.15) is 0 Å².